The molecule has 0 heterocycles. The largest absolute Gasteiger partial charge is 0.384 e. The summed E-state index contributed by atoms with van der Waals surface area (Å²) in [5, 5.41) is 0. The van der Waals surface area contributed by atoms with Crippen LogP contribution >= 0.6 is 0 Å². The van der Waals surface area contributed by atoms with Crippen molar-refractivity contribution in [2.45, 2.75) is 53.0 Å². The van der Waals surface area contributed by atoms with Crippen LogP contribution in [0, 0.1) is 5.92 Å². The molecule has 0 aliphatic heterocycles. The van der Waals surface area contributed by atoms with Crippen molar-refractivity contribution >= 4 is 0 Å². The molecule has 15 heavy (non-hydrogen) atoms. The summed E-state index contributed by atoms with van der Waals surface area (Å²) in [6.45, 7) is 12.4. The monoisotopic (exact) mass is 215 g/mol. The van der Waals surface area contributed by atoms with Gasteiger partial charge in [-0.05, 0) is 45.7 Å². The molecule has 2 nitrogen and oxygen atoms in total. The van der Waals surface area contributed by atoms with Crippen LogP contribution in [0.5, 0.6) is 0 Å². The van der Waals surface area contributed by atoms with E-state index in [1.165, 1.54) is 32.4 Å². The Bertz CT molecular complexity index is 136. The lowest BCUT2D eigenvalue weighted by molar-refractivity contribution is 0.129. The first-order valence-corrected chi connectivity index (χ1v) is 6.38. The highest BCUT2D eigenvalue weighted by atomic mass is 16.5. The molecule has 0 aromatic heterocycles. The molecule has 2 heteroatoms. The van der Waals surface area contributed by atoms with Gasteiger partial charge in [-0.25, -0.2) is 0 Å². The van der Waals surface area contributed by atoms with Gasteiger partial charge in [0.1, 0.15) is 0 Å². The van der Waals surface area contributed by atoms with Crippen LogP contribution in [-0.2, 0) is 4.74 Å². The fourth-order valence-electron chi connectivity index (χ4n) is 1.90. The number of hydrogen-bond acceptors (Lipinski definition) is 2. The molecule has 0 bridgehead atoms. The lowest BCUT2D eigenvalue weighted by Crippen LogP contribution is -2.33. The van der Waals surface area contributed by atoms with Crippen molar-refractivity contribution in [3.05, 3.63) is 0 Å². The fraction of sp³-hybridized carbons (Fsp3) is 1.00. The predicted octanol–water partition coefficient (Wildman–Crippen LogP) is 3.17. The lowest BCUT2D eigenvalue weighted by atomic mass is 10.0. The highest BCUT2D eigenvalue weighted by Gasteiger charge is 2.11. The quantitative estimate of drug-likeness (QED) is 0.586. The Balaban J connectivity index is 3.84. The maximum absolute atomic E-state index is 5.23. The molecule has 0 N–H and O–H groups in total. The molecule has 0 aliphatic carbocycles. The Morgan fingerprint density at radius 1 is 1.13 bits per heavy atom. The Morgan fingerprint density at radius 3 is 2.20 bits per heavy atom. The first kappa shape index (κ1) is 14.9. The summed E-state index contributed by atoms with van der Waals surface area (Å²) >= 11 is 0. The third-order valence-corrected chi connectivity index (χ3v) is 3.05. The second-order valence-electron chi connectivity index (χ2n) is 4.65. The highest BCUT2D eigenvalue weighted by Crippen LogP contribution is 2.11. The van der Waals surface area contributed by atoms with Crippen LogP contribution in [0.4, 0.5) is 0 Å². The van der Waals surface area contributed by atoms with E-state index in [9.17, 15) is 0 Å². The maximum atomic E-state index is 5.23. The van der Waals surface area contributed by atoms with Gasteiger partial charge in [0.15, 0.2) is 0 Å². The zero-order chi connectivity index (χ0) is 11.7. The summed E-state index contributed by atoms with van der Waals surface area (Å²) < 4.78 is 5.23. The molecule has 1 atom stereocenters. The van der Waals surface area contributed by atoms with Crippen LogP contribution < -0.4 is 0 Å². The average molecular weight is 215 g/mol. The van der Waals surface area contributed by atoms with E-state index in [0.717, 1.165) is 12.5 Å². The van der Waals surface area contributed by atoms with Gasteiger partial charge in [-0.3, -0.25) is 0 Å². The van der Waals surface area contributed by atoms with Gasteiger partial charge in [0, 0.05) is 19.8 Å². The average Bonchev–Trinajstić information content (AvgIpc) is 2.21. The number of hydrogen-bond donors (Lipinski definition) is 0. The first-order valence-electron chi connectivity index (χ1n) is 6.38. The first-order chi connectivity index (χ1) is 7.15. The van der Waals surface area contributed by atoms with Crippen molar-refractivity contribution in [3.8, 4) is 0 Å². The van der Waals surface area contributed by atoms with Crippen molar-refractivity contribution in [1.29, 1.82) is 0 Å². The van der Waals surface area contributed by atoms with Gasteiger partial charge in [-0.1, -0.05) is 20.3 Å². The van der Waals surface area contributed by atoms with Crippen LogP contribution in [0.15, 0.2) is 0 Å². The lowest BCUT2D eigenvalue weighted by Gasteiger charge is -2.27. The zero-order valence-electron chi connectivity index (χ0n) is 11.3. The van der Waals surface area contributed by atoms with Gasteiger partial charge >= 0.3 is 0 Å². The number of nitrogens with zero attached hydrogens (tertiary/aromatic N) is 1. The predicted molar refractivity (Wildman–Crippen MR) is 67.3 cm³/mol. The summed E-state index contributed by atoms with van der Waals surface area (Å²) in [4.78, 5) is 2.57. The maximum Gasteiger partial charge on any atom is 0.0490 e. The van der Waals surface area contributed by atoms with Gasteiger partial charge in [-0.2, -0.15) is 0 Å². The van der Waals surface area contributed by atoms with E-state index < -0.39 is 0 Å². The molecular weight excluding hydrogens is 186 g/mol. The van der Waals surface area contributed by atoms with Gasteiger partial charge in [0.25, 0.3) is 0 Å². The highest BCUT2D eigenvalue weighted by molar-refractivity contribution is 4.65. The SMILES string of the molecule is CCCN(CCC(CC)COC)C(C)C. The van der Waals surface area contributed by atoms with E-state index in [4.69, 9.17) is 4.74 Å². The topological polar surface area (TPSA) is 12.5 Å². The minimum atomic E-state index is 0.671. The fourth-order valence-corrected chi connectivity index (χ4v) is 1.90. The van der Waals surface area contributed by atoms with Crippen molar-refractivity contribution in [2.24, 2.45) is 5.92 Å². The van der Waals surface area contributed by atoms with E-state index in [1.54, 1.807) is 7.11 Å². The molecule has 0 aromatic carbocycles. The summed E-state index contributed by atoms with van der Waals surface area (Å²) in [5.74, 6) is 0.730. The zero-order valence-corrected chi connectivity index (χ0v) is 11.3. The Hall–Kier alpha value is -0.0800. The smallest absolute Gasteiger partial charge is 0.0490 e. The molecule has 0 rings (SSSR count). The van der Waals surface area contributed by atoms with Crippen LogP contribution in [0.25, 0.3) is 0 Å². The van der Waals surface area contributed by atoms with Crippen molar-refractivity contribution < 1.29 is 4.74 Å². The van der Waals surface area contributed by atoms with Gasteiger partial charge in [0.05, 0.1) is 0 Å². The number of rotatable bonds is 9. The molecule has 0 aromatic rings. The van der Waals surface area contributed by atoms with Gasteiger partial charge < -0.3 is 9.64 Å². The van der Waals surface area contributed by atoms with Crippen LogP contribution in [-0.4, -0.2) is 37.7 Å². The van der Waals surface area contributed by atoms with Crippen LogP contribution in [0.2, 0.25) is 0 Å². The molecule has 0 radical (unpaired) electrons. The summed E-state index contributed by atoms with van der Waals surface area (Å²) in [6, 6.07) is 0.671. The van der Waals surface area contributed by atoms with Crippen molar-refractivity contribution in [3.63, 3.8) is 0 Å². The Kier molecular flexibility index (Phi) is 9.12. The van der Waals surface area contributed by atoms with E-state index in [-0.39, 0.29) is 0 Å². The third-order valence-electron chi connectivity index (χ3n) is 3.05. The minimum absolute atomic E-state index is 0.671. The molecule has 0 spiro atoms. The van der Waals surface area contributed by atoms with Crippen molar-refractivity contribution in [1.82, 2.24) is 4.90 Å². The van der Waals surface area contributed by atoms with E-state index in [0.29, 0.717) is 6.04 Å². The van der Waals surface area contributed by atoms with Gasteiger partial charge in [0.2, 0.25) is 0 Å². The van der Waals surface area contributed by atoms with E-state index >= 15 is 0 Å². The summed E-state index contributed by atoms with van der Waals surface area (Å²) in [5.41, 5.74) is 0. The molecule has 0 aliphatic rings. The molecule has 1 unspecified atom stereocenters. The Labute approximate surface area is 96.0 Å². The Morgan fingerprint density at radius 2 is 1.80 bits per heavy atom. The molecule has 0 amide bonds. The second-order valence-corrected chi connectivity index (χ2v) is 4.65. The molecule has 92 valence electrons. The number of ether oxygens (including phenoxy) is 1. The molecule has 0 saturated heterocycles. The van der Waals surface area contributed by atoms with E-state index in [2.05, 4.69) is 32.6 Å². The van der Waals surface area contributed by atoms with Crippen molar-refractivity contribution in [2.75, 3.05) is 26.8 Å². The van der Waals surface area contributed by atoms with E-state index in [1.807, 2.05) is 0 Å². The summed E-state index contributed by atoms with van der Waals surface area (Å²) in [6.07, 6.45) is 3.74. The summed E-state index contributed by atoms with van der Waals surface area (Å²) in [7, 11) is 1.80. The standard InChI is InChI=1S/C13H29NO/c1-6-9-14(12(3)4)10-8-13(7-2)11-15-5/h12-13H,6-11H2,1-5H3. The normalized spacial score (nSPS) is 13.8. The van der Waals surface area contributed by atoms with Crippen LogP contribution in [0.3, 0.4) is 0 Å². The second kappa shape index (κ2) is 9.17. The molecular formula is C13H29NO. The van der Waals surface area contributed by atoms with Crippen LogP contribution in [0.1, 0.15) is 47.0 Å². The third kappa shape index (κ3) is 6.91. The minimum Gasteiger partial charge on any atom is -0.384 e. The molecule has 0 saturated carbocycles. The molecule has 0 fully saturated rings. The number of methoxy groups -OCH3 is 1. The van der Waals surface area contributed by atoms with Gasteiger partial charge in [-0.15, -0.1) is 0 Å².